The lowest BCUT2D eigenvalue weighted by molar-refractivity contribution is -0.134. The Bertz CT molecular complexity index is 384. The predicted molar refractivity (Wildman–Crippen MR) is 61.9 cm³/mol. The first kappa shape index (κ1) is 14.3. The summed E-state index contributed by atoms with van der Waals surface area (Å²) in [6.07, 6.45) is -3.67. The SMILES string of the molecule is CNc1ncnc(NCCCC(F)(F)F)c1OC. The summed E-state index contributed by atoms with van der Waals surface area (Å²) >= 11 is 0. The zero-order chi connectivity index (χ0) is 13.6. The van der Waals surface area contributed by atoms with Crippen LogP contribution in [0, 0.1) is 0 Å². The van der Waals surface area contributed by atoms with Gasteiger partial charge in [-0.3, -0.25) is 0 Å². The molecule has 0 aromatic carbocycles. The highest BCUT2D eigenvalue weighted by Gasteiger charge is 2.26. The van der Waals surface area contributed by atoms with Crippen molar-refractivity contribution in [2.45, 2.75) is 19.0 Å². The summed E-state index contributed by atoms with van der Waals surface area (Å²) in [5, 5.41) is 5.60. The van der Waals surface area contributed by atoms with Gasteiger partial charge in [-0.25, -0.2) is 9.97 Å². The fourth-order valence-corrected chi connectivity index (χ4v) is 1.37. The van der Waals surface area contributed by atoms with Gasteiger partial charge in [-0.15, -0.1) is 0 Å². The molecule has 0 fully saturated rings. The highest BCUT2D eigenvalue weighted by Crippen LogP contribution is 2.28. The van der Waals surface area contributed by atoms with E-state index >= 15 is 0 Å². The zero-order valence-corrected chi connectivity index (χ0v) is 10.1. The van der Waals surface area contributed by atoms with Crippen molar-refractivity contribution < 1.29 is 17.9 Å². The number of rotatable bonds is 6. The van der Waals surface area contributed by atoms with Crippen molar-refractivity contribution in [3.8, 4) is 5.75 Å². The van der Waals surface area contributed by atoms with Gasteiger partial charge in [0, 0.05) is 20.0 Å². The summed E-state index contributed by atoms with van der Waals surface area (Å²) in [5.41, 5.74) is 0. The topological polar surface area (TPSA) is 59.1 Å². The van der Waals surface area contributed by atoms with Crippen LogP contribution in [0.3, 0.4) is 0 Å². The fraction of sp³-hybridized carbons (Fsp3) is 0.600. The normalized spacial score (nSPS) is 11.2. The van der Waals surface area contributed by atoms with Crippen molar-refractivity contribution in [3.63, 3.8) is 0 Å². The molecule has 0 saturated carbocycles. The number of hydrogen-bond donors (Lipinski definition) is 2. The van der Waals surface area contributed by atoms with Crippen LogP contribution in [0.4, 0.5) is 24.8 Å². The van der Waals surface area contributed by atoms with Crippen LogP contribution >= 0.6 is 0 Å². The number of methoxy groups -OCH3 is 1. The lowest BCUT2D eigenvalue weighted by Crippen LogP contribution is -2.12. The Morgan fingerprint density at radius 1 is 1.28 bits per heavy atom. The average Bonchev–Trinajstić information content (AvgIpc) is 2.32. The summed E-state index contributed by atoms with van der Waals surface area (Å²) in [7, 11) is 3.11. The number of halogens is 3. The number of aromatic nitrogens is 2. The van der Waals surface area contributed by atoms with Crippen molar-refractivity contribution in [2.24, 2.45) is 0 Å². The van der Waals surface area contributed by atoms with Gasteiger partial charge in [-0.1, -0.05) is 0 Å². The third-order valence-corrected chi connectivity index (χ3v) is 2.17. The molecule has 1 aromatic heterocycles. The molecule has 8 heteroatoms. The molecule has 0 spiro atoms. The largest absolute Gasteiger partial charge is 0.490 e. The van der Waals surface area contributed by atoms with Crippen LogP contribution in [0.1, 0.15) is 12.8 Å². The summed E-state index contributed by atoms with van der Waals surface area (Å²) < 4.78 is 41.0. The van der Waals surface area contributed by atoms with E-state index in [1.54, 1.807) is 7.05 Å². The summed E-state index contributed by atoms with van der Waals surface area (Å²) in [6.45, 7) is 0.163. The Balaban J connectivity index is 2.57. The summed E-state index contributed by atoms with van der Waals surface area (Å²) in [6, 6.07) is 0. The standard InChI is InChI=1S/C10H15F3N4O/c1-14-8-7(18-2)9(17-6-16-8)15-5-3-4-10(11,12)13/h6H,3-5H2,1-2H3,(H2,14,15,16,17). The van der Waals surface area contributed by atoms with Crippen molar-refractivity contribution in [1.82, 2.24) is 9.97 Å². The van der Waals surface area contributed by atoms with Crippen molar-refractivity contribution in [2.75, 3.05) is 31.3 Å². The van der Waals surface area contributed by atoms with E-state index in [4.69, 9.17) is 4.74 Å². The number of nitrogens with one attached hydrogen (secondary N) is 2. The molecule has 1 aromatic rings. The van der Waals surface area contributed by atoms with E-state index in [-0.39, 0.29) is 13.0 Å². The molecular weight excluding hydrogens is 249 g/mol. The van der Waals surface area contributed by atoms with Gasteiger partial charge in [0.05, 0.1) is 7.11 Å². The molecule has 2 N–H and O–H groups in total. The molecule has 18 heavy (non-hydrogen) atoms. The molecule has 0 radical (unpaired) electrons. The van der Waals surface area contributed by atoms with Crippen LogP contribution in [0.5, 0.6) is 5.75 Å². The van der Waals surface area contributed by atoms with Crippen LogP contribution in [0.2, 0.25) is 0 Å². The quantitative estimate of drug-likeness (QED) is 0.772. The van der Waals surface area contributed by atoms with E-state index in [0.29, 0.717) is 17.4 Å². The molecule has 5 nitrogen and oxygen atoms in total. The van der Waals surface area contributed by atoms with Crippen molar-refractivity contribution in [3.05, 3.63) is 6.33 Å². The minimum absolute atomic E-state index is 0.0223. The Morgan fingerprint density at radius 3 is 2.50 bits per heavy atom. The molecule has 0 aliphatic rings. The van der Waals surface area contributed by atoms with E-state index < -0.39 is 12.6 Å². The van der Waals surface area contributed by atoms with Gasteiger partial charge in [0.25, 0.3) is 0 Å². The lowest BCUT2D eigenvalue weighted by atomic mass is 10.3. The summed E-state index contributed by atoms with van der Waals surface area (Å²) in [5.74, 6) is 1.23. The lowest BCUT2D eigenvalue weighted by Gasteiger charge is -2.13. The second kappa shape index (κ2) is 6.27. The maximum absolute atomic E-state index is 12.0. The molecule has 0 amide bonds. The van der Waals surface area contributed by atoms with E-state index in [0.717, 1.165) is 0 Å². The van der Waals surface area contributed by atoms with Gasteiger partial charge in [0.2, 0.25) is 5.75 Å². The van der Waals surface area contributed by atoms with Gasteiger partial charge in [0.15, 0.2) is 11.6 Å². The molecule has 0 unspecified atom stereocenters. The average molecular weight is 264 g/mol. The zero-order valence-electron chi connectivity index (χ0n) is 10.1. The third-order valence-electron chi connectivity index (χ3n) is 2.17. The van der Waals surface area contributed by atoms with E-state index in [9.17, 15) is 13.2 Å². The molecule has 0 aliphatic carbocycles. The van der Waals surface area contributed by atoms with Crippen LogP contribution in [0.25, 0.3) is 0 Å². The van der Waals surface area contributed by atoms with Gasteiger partial charge in [0.1, 0.15) is 6.33 Å². The number of ether oxygens (including phenoxy) is 1. The Morgan fingerprint density at radius 2 is 1.94 bits per heavy atom. The second-order valence-electron chi connectivity index (χ2n) is 3.50. The maximum Gasteiger partial charge on any atom is 0.389 e. The smallest absolute Gasteiger partial charge is 0.389 e. The van der Waals surface area contributed by atoms with Gasteiger partial charge in [-0.05, 0) is 6.42 Å². The number of anilines is 2. The summed E-state index contributed by atoms with van der Waals surface area (Å²) in [4.78, 5) is 7.85. The van der Waals surface area contributed by atoms with Crippen LogP contribution in [0.15, 0.2) is 6.33 Å². The van der Waals surface area contributed by atoms with Crippen molar-refractivity contribution in [1.29, 1.82) is 0 Å². The number of alkyl halides is 3. The maximum atomic E-state index is 12.0. The molecular formula is C10H15F3N4O. The minimum Gasteiger partial charge on any atom is -0.490 e. The molecule has 0 atom stereocenters. The number of nitrogens with zero attached hydrogens (tertiary/aromatic N) is 2. The molecule has 0 bridgehead atoms. The molecule has 1 heterocycles. The highest BCUT2D eigenvalue weighted by atomic mass is 19.4. The van der Waals surface area contributed by atoms with Crippen LogP contribution < -0.4 is 15.4 Å². The van der Waals surface area contributed by atoms with Crippen LogP contribution in [-0.2, 0) is 0 Å². The van der Waals surface area contributed by atoms with Gasteiger partial charge in [-0.2, -0.15) is 13.2 Å². The molecule has 102 valence electrons. The first-order valence-corrected chi connectivity index (χ1v) is 5.35. The van der Waals surface area contributed by atoms with E-state index in [1.165, 1.54) is 13.4 Å². The highest BCUT2D eigenvalue weighted by molar-refractivity contribution is 5.63. The fourth-order valence-electron chi connectivity index (χ4n) is 1.37. The first-order valence-electron chi connectivity index (χ1n) is 5.35. The molecule has 0 aliphatic heterocycles. The van der Waals surface area contributed by atoms with Crippen LogP contribution in [-0.4, -0.2) is 36.8 Å². The Kier molecular flexibility index (Phi) is 4.99. The van der Waals surface area contributed by atoms with E-state index in [2.05, 4.69) is 20.6 Å². The Labute approximate surface area is 103 Å². The second-order valence-corrected chi connectivity index (χ2v) is 3.50. The first-order chi connectivity index (χ1) is 8.48. The minimum atomic E-state index is -4.13. The van der Waals surface area contributed by atoms with Gasteiger partial charge < -0.3 is 15.4 Å². The van der Waals surface area contributed by atoms with Crippen molar-refractivity contribution >= 4 is 11.6 Å². The third kappa shape index (κ3) is 4.27. The molecule has 1 rings (SSSR count). The predicted octanol–water partition coefficient (Wildman–Crippen LogP) is 2.28. The van der Waals surface area contributed by atoms with Gasteiger partial charge >= 0.3 is 6.18 Å². The van der Waals surface area contributed by atoms with E-state index in [1.807, 2.05) is 0 Å². The monoisotopic (exact) mass is 264 g/mol. The number of hydrogen-bond acceptors (Lipinski definition) is 5. The molecule has 0 saturated heterocycles. The Hall–Kier alpha value is -1.73.